The molecular weight excluding hydrogens is 536 g/mol. The lowest BCUT2D eigenvalue weighted by Gasteiger charge is -2.28. The van der Waals surface area contributed by atoms with Gasteiger partial charge in [-0.1, -0.05) is 59.9 Å². The third-order valence-electron chi connectivity index (χ3n) is 7.35. The molecule has 0 bridgehead atoms. The number of hydrogen-bond acceptors (Lipinski definition) is 8. The van der Waals surface area contributed by atoms with Gasteiger partial charge in [0.05, 0.1) is 44.2 Å². The maximum atomic E-state index is 14.6. The number of ether oxygens (including phenoxy) is 3. The molecule has 1 amide bonds. The van der Waals surface area contributed by atoms with Gasteiger partial charge in [-0.2, -0.15) is 0 Å². The standard InChI is InChI=1S/C32H32N4O4S/c1-38-27-13-14-28(39-2)30-29(27)34-32(41-30)36(16-8-15-35-17-19-40-20-18-35)31(37)24-21-26(22-9-4-3-5-10-22)33-25-12-7-6-11-23(24)25/h3-7,9-14,21H,8,15-20H2,1-2H3. The second kappa shape index (κ2) is 12.2. The summed E-state index contributed by atoms with van der Waals surface area (Å²) in [6, 6.07) is 23.4. The van der Waals surface area contributed by atoms with Crippen LogP contribution in [0.1, 0.15) is 16.8 Å². The number of carbonyl (C=O) groups is 1. The number of amides is 1. The van der Waals surface area contributed by atoms with Gasteiger partial charge in [0.25, 0.3) is 5.91 Å². The minimum Gasteiger partial charge on any atom is -0.495 e. The Labute approximate surface area is 243 Å². The number of hydrogen-bond donors (Lipinski definition) is 0. The summed E-state index contributed by atoms with van der Waals surface area (Å²) in [5, 5.41) is 1.42. The van der Waals surface area contributed by atoms with E-state index in [4.69, 9.17) is 24.2 Å². The Morgan fingerprint density at radius 2 is 1.68 bits per heavy atom. The maximum absolute atomic E-state index is 14.6. The van der Waals surface area contributed by atoms with Crippen molar-refractivity contribution in [2.24, 2.45) is 0 Å². The first kappa shape index (κ1) is 27.1. The molecule has 6 rings (SSSR count). The Morgan fingerprint density at radius 1 is 0.951 bits per heavy atom. The fourth-order valence-corrected chi connectivity index (χ4v) is 6.30. The van der Waals surface area contributed by atoms with Gasteiger partial charge in [0.1, 0.15) is 21.7 Å². The molecule has 0 radical (unpaired) electrons. The van der Waals surface area contributed by atoms with E-state index in [0.29, 0.717) is 34.3 Å². The van der Waals surface area contributed by atoms with Gasteiger partial charge in [0, 0.05) is 37.1 Å². The molecule has 1 aliphatic heterocycles. The third kappa shape index (κ3) is 5.61. The predicted octanol–water partition coefficient (Wildman–Crippen LogP) is 5.90. The SMILES string of the molecule is COc1ccc(OC)c2sc(N(CCCN3CCOCC3)C(=O)c3cc(-c4ccccc4)nc4ccccc34)nc12. The van der Waals surface area contributed by atoms with Crippen LogP contribution in [-0.4, -0.2) is 74.4 Å². The number of carbonyl (C=O) groups excluding carboxylic acids is 1. The first-order valence-electron chi connectivity index (χ1n) is 13.7. The van der Waals surface area contributed by atoms with Crippen molar-refractivity contribution in [1.82, 2.24) is 14.9 Å². The van der Waals surface area contributed by atoms with Crippen molar-refractivity contribution < 1.29 is 19.0 Å². The normalized spacial score (nSPS) is 13.9. The fourth-order valence-electron chi connectivity index (χ4n) is 5.21. The Bertz CT molecular complexity index is 1630. The van der Waals surface area contributed by atoms with Crippen LogP contribution >= 0.6 is 11.3 Å². The molecule has 2 aromatic heterocycles. The number of pyridine rings is 1. The molecule has 1 aliphatic rings. The summed E-state index contributed by atoms with van der Waals surface area (Å²) in [6.07, 6.45) is 0.796. The molecule has 0 N–H and O–H groups in total. The molecule has 0 unspecified atom stereocenters. The van der Waals surface area contributed by atoms with Gasteiger partial charge in [-0.15, -0.1) is 0 Å². The molecular formula is C32H32N4O4S. The van der Waals surface area contributed by atoms with Crippen molar-refractivity contribution in [3.63, 3.8) is 0 Å². The lowest BCUT2D eigenvalue weighted by molar-refractivity contribution is 0.0376. The number of para-hydroxylation sites is 1. The first-order chi connectivity index (χ1) is 20.2. The van der Waals surface area contributed by atoms with E-state index in [-0.39, 0.29) is 5.91 Å². The van der Waals surface area contributed by atoms with Crippen LogP contribution in [0.2, 0.25) is 0 Å². The van der Waals surface area contributed by atoms with Crippen molar-refractivity contribution >= 4 is 43.5 Å². The highest BCUT2D eigenvalue weighted by Crippen LogP contribution is 2.41. The molecule has 3 aromatic carbocycles. The highest BCUT2D eigenvalue weighted by Gasteiger charge is 2.26. The number of rotatable bonds is 9. The summed E-state index contributed by atoms with van der Waals surface area (Å²) >= 11 is 1.44. The number of fused-ring (bicyclic) bond motifs is 2. The zero-order valence-corrected chi connectivity index (χ0v) is 24.0. The monoisotopic (exact) mass is 568 g/mol. The van der Waals surface area contributed by atoms with E-state index >= 15 is 0 Å². The zero-order valence-electron chi connectivity index (χ0n) is 23.2. The summed E-state index contributed by atoms with van der Waals surface area (Å²) < 4.78 is 17.6. The number of anilines is 1. The van der Waals surface area contributed by atoms with Gasteiger partial charge < -0.3 is 14.2 Å². The van der Waals surface area contributed by atoms with E-state index in [0.717, 1.165) is 66.1 Å². The van der Waals surface area contributed by atoms with Crippen LogP contribution in [0.4, 0.5) is 5.13 Å². The lowest BCUT2D eigenvalue weighted by Crippen LogP contribution is -2.39. The molecule has 3 heterocycles. The Balaban J connectivity index is 1.43. The van der Waals surface area contributed by atoms with Crippen molar-refractivity contribution in [2.75, 3.05) is 58.5 Å². The highest BCUT2D eigenvalue weighted by atomic mass is 32.1. The van der Waals surface area contributed by atoms with E-state index in [9.17, 15) is 4.79 Å². The minimum absolute atomic E-state index is 0.111. The molecule has 8 nitrogen and oxygen atoms in total. The summed E-state index contributed by atoms with van der Waals surface area (Å²) in [5.74, 6) is 1.23. The summed E-state index contributed by atoms with van der Waals surface area (Å²) in [5.41, 5.74) is 3.77. The van der Waals surface area contributed by atoms with Crippen LogP contribution in [0.5, 0.6) is 11.5 Å². The van der Waals surface area contributed by atoms with Crippen LogP contribution in [0.25, 0.3) is 32.4 Å². The Morgan fingerprint density at radius 3 is 2.46 bits per heavy atom. The van der Waals surface area contributed by atoms with Crippen LogP contribution in [0.3, 0.4) is 0 Å². The third-order valence-corrected chi connectivity index (χ3v) is 8.44. The van der Waals surface area contributed by atoms with Crippen LogP contribution < -0.4 is 14.4 Å². The van der Waals surface area contributed by atoms with E-state index in [1.54, 1.807) is 19.1 Å². The van der Waals surface area contributed by atoms with Crippen molar-refractivity contribution in [3.05, 3.63) is 78.4 Å². The topological polar surface area (TPSA) is 77.0 Å². The highest BCUT2D eigenvalue weighted by molar-refractivity contribution is 7.22. The molecule has 0 aliphatic carbocycles. The molecule has 41 heavy (non-hydrogen) atoms. The summed E-state index contributed by atoms with van der Waals surface area (Å²) in [7, 11) is 3.26. The molecule has 210 valence electrons. The second-order valence-corrected chi connectivity index (χ2v) is 10.8. The fraction of sp³-hybridized carbons (Fsp3) is 0.281. The average Bonchev–Trinajstić information content (AvgIpc) is 3.48. The first-order valence-corrected chi connectivity index (χ1v) is 14.6. The van der Waals surface area contributed by atoms with Gasteiger partial charge >= 0.3 is 0 Å². The number of benzene rings is 3. The number of thiazole rings is 1. The molecule has 0 saturated carbocycles. The van der Waals surface area contributed by atoms with Crippen molar-refractivity contribution in [2.45, 2.75) is 6.42 Å². The quantitative estimate of drug-likeness (QED) is 0.219. The van der Waals surface area contributed by atoms with Crippen molar-refractivity contribution in [3.8, 4) is 22.8 Å². The molecule has 9 heteroatoms. The van der Waals surface area contributed by atoms with E-state index in [2.05, 4.69) is 4.90 Å². The van der Waals surface area contributed by atoms with E-state index in [1.807, 2.05) is 72.8 Å². The van der Waals surface area contributed by atoms with Crippen LogP contribution in [0, 0.1) is 0 Å². The van der Waals surface area contributed by atoms with Gasteiger partial charge in [0.2, 0.25) is 0 Å². The number of aromatic nitrogens is 2. The Hall–Kier alpha value is -4.05. The minimum atomic E-state index is -0.111. The summed E-state index contributed by atoms with van der Waals surface area (Å²) in [4.78, 5) is 28.6. The van der Waals surface area contributed by atoms with Crippen LogP contribution in [-0.2, 0) is 4.74 Å². The van der Waals surface area contributed by atoms with Crippen LogP contribution in [0.15, 0.2) is 72.8 Å². The largest absolute Gasteiger partial charge is 0.495 e. The van der Waals surface area contributed by atoms with Gasteiger partial charge in [0.15, 0.2) is 5.13 Å². The summed E-state index contributed by atoms with van der Waals surface area (Å²) in [6.45, 7) is 4.67. The average molecular weight is 569 g/mol. The molecule has 1 fully saturated rings. The molecule has 5 aromatic rings. The number of methoxy groups -OCH3 is 2. The Kier molecular flexibility index (Phi) is 8.09. The van der Waals surface area contributed by atoms with E-state index < -0.39 is 0 Å². The van der Waals surface area contributed by atoms with Gasteiger partial charge in [-0.25, -0.2) is 9.97 Å². The zero-order chi connectivity index (χ0) is 28.2. The maximum Gasteiger partial charge on any atom is 0.260 e. The van der Waals surface area contributed by atoms with Gasteiger partial charge in [-0.05, 0) is 30.7 Å². The lowest BCUT2D eigenvalue weighted by atomic mass is 10.0. The number of nitrogens with zero attached hydrogens (tertiary/aromatic N) is 4. The molecule has 1 saturated heterocycles. The second-order valence-electron chi connectivity index (χ2n) is 9.85. The number of morpholine rings is 1. The smallest absolute Gasteiger partial charge is 0.260 e. The molecule has 0 spiro atoms. The van der Waals surface area contributed by atoms with E-state index in [1.165, 1.54) is 11.3 Å². The molecule has 0 atom stereocenters. The van der Waals surface area contributed by atoms with Gasteiger partial charge in [-0.3, -0.25) is 14.6 Å². The predicted molar refractivity (Wildman–Crippen MR) is 163 cm³/mol. The van der Waals surface area contributed by atoms with Crippen molar-refractivity contribution in [1.29, 1.82) is 0 Å².